The average molecular weight is 414 g/mol. The van der Waals surface area contributed by atoms with Gasteiger partial charge in [0.25, 0.3) is 0 Å². The van der Waals surface area contributed by atoms with Gasteiger partial charge in [-0.1, -0.05) is 30.3 Å². The molecule has 2 aromatic rings. The maximum atomic E-state index is 5.98. The zero-order chi connectivity index (χ0) is 13.9. The largest absolute Gasteiger partial charge is 0.370 e. The van der Waals surface area contributed by atoms with Crippen molar-refractivity contribution < 1.29 is 0 Å². The van der Waals surface area contributed by atoms with Gasteiger partial charge in [-0.2, -0.15) is 0 Å². The molecule has 1 aromatic carbocycles. The predicted octanol–water partition coefficient (Wildman–Crippen LogP) is 3.34. The Morgan fingerprint density at radius 3 is 2.76 bits per heavy atom. The third-order valence-electron chi connectivity index (χ3n) is 3.45. The second kappa shape index (κ2) is 7.22. The summed E-state index contributed by atoms with van der Waals surface area (Å²) < 4.78 is 0. The highest BCUT2D eigenvalue weighted by Gasteiger charge is 2.27. The molecule has 0 amide bonds. The molecule has 4 nitrogen and oxygen atoms in total. The summed E-state index contributed by atoms with van der Waals surface area (Å²) in [6.45, 7) is 0.556. The van der Waals surface area contributed by atoms with Crippen molar-refractivity contribution in [1.82, 2.24) is 9.88 Å². The Kier molecular flexibility index (Phi) is 5.58. The van der Waals surface area contributed by atoms with E-state index in [0.717, 1.165) is 16.3 Å². The van der Waals surface area contributed by atoms with Gasteiger partial charge in [-0.3, -0.25) is 0 Å². The van der Waals surface area contributed by atoms with Crippen LogP contribution in [0.3, 0.4) is 0 Å². The summed E-state index contributed by atoms with van der Waals surface area (Å²) in [5, 5.41) is 3.07. The second-order valence-corrected chi connectivity index (χ2v) is 5.95. The van der Waals surface area contributed by atoms with E-state index in [2.05, 4.69) is 32.4 Å². The summed E-state index contributed by atoms with van der Waals surface area (Å²) in [4.78, 5) is 11.1. The van der Waals surface area contributed by atoms with Crippen LogP contribution in [0.2, 0.25) is 0 Å². The van der Waals surface area contributed by atoms with Crippen molar-refractivity contribution in [2.45, 2.75) is 25.4 Å². The van der Waals surface area contributed by atoms with Crippen LogP contribution in [0.15, 0.2) is 40.7 Å². The van der Waals surface area contributed by atoms with Gasteiger partial charge in [0.1, 0.15) is 5.01 Å². The van der Waals surface area contributed by atoms with Gasteiger partial charge < -0.3 is 10.6 Å². The van der Waals surface area contributed by atoms with Crippen molar-refractivity contribution in [1.29, 1.82) is 0 Å². The topological polar surface area (TPSA) is 54.5 Å². The average Bonchev–Trinajstić information content (AvgIpc) is 3.23. The molecule has 1 heterocycles. The molecule has 2 N–H and O–H groups in total. The van der Waals surface area contributed by atoms with Crippen molar-refractivity contribution in [3.8, 4) is 11.3 Å². The monoisotopic (exact) mass is 414 g/mol. The lowest BCUT2D eigenvalue weighted by Crippen LogP contribution is -2.35. The molecule has 0 unspecified atom stereocenters. The minimum absolute atomic E-state index is 0. The first-order valence-electron chi connectivity index (χ1n) is 6.76. The minimum Gasteiger partial charge on any atom is -0.370 e. The molecule has 1 aliphatic carbocycles. The highest BCUT2D eigenvalue weighted by Crippen LogP contribution is 2.25. The van der Waals surface area contributed by atoms with E-state index in [4.69, 9.17) is 5.73 Å². The number of hydrogen-bond donors (Lipinski definition) is 1. The lowest BCUT2D eigenvalue weighted by atomic mass is 10.2. The van der Waals surface area contributed by atoms with E-state index in [1.165, 1.54) is 12.8 Å². The van der Waals surface area contributed by atoms with Gasteiger partial charge in [0.15, 0.2) is 5.96 Å². The quantitative estimate of drug-likeness (QED) is 0.475. The van der Waals surface area contributed by atoms with Crippen molar-refractivity contribution >= 4 is 41.3 Å². The van der Waals surface area contributed by atoms with Crippen molar-refractivity contribution in [3.05, 3.63) is 40.7 Å². The van der Waals surface area contributed by atoms with Crippen LogP contribution in [0.25, 0.3) is 11.3 Å². The molecule has 3 rings (SSSR count). The molecule has 0 bridgehead atoms. The number of hydrogen-bond acceptors (Lipinski definition) is 3. The number of guanidine groups is 1. The number of aromatic nitrogens is 1. The van der Waals surface area contributed by atoms with Gasteiger partial charge in [-0.15, -0.1) is 35.3 Å². The third kappa shape index (κ3) is 4.16. The Hall–Kier alpha value is -1.15. The summed E-state index contributed by atoms with van der Waals surface area (Å²) in [5.74, 6) is 0.615. The zero-order valence-corrected chi connectivity index (χ0v) is 15.0. The van der Waals surface area contributed by atoms with Crippen LogP contribution in [0.4, 0.5) is 0 Å². The fourth-order valence-corrected chi connectivity index (χ4v) is 2.76. The van der Waals surface area contributed by atoms with Crippen LogP contribution in [-0.4, -0.2) is 28.9 Å². The number of aliphatic imine (C=N–C) groups is 1. The minimum atomic E-state index is 0. The van der Waals surface area contributed by atoms with E-state index in [0.29, 0.717) is 18.5 Å². The normalized spacial score (nSPS) is 14.6. The summed E-state index contributed by atoms with van der Waals surface area (Å²) in [6.07, 6.45) is 2.45. The highest BCUT2D eigenvalue weighted by molar-refractivity contribution is 14.0. The Bertz CT molecular complexity index is 607. The lowest BCUT2D eigenvalue weighted by molar-refractivity contribution is 0.487. The molecule has 6 heteroatoms. The molecule has 21 heavy (non-hydrogen) atoms. The van der Waals surface area contributed by atoms with Crippen LogP contribution in [0, 0.1) is 0 Å². The highest BCUT2D eigenvalue weighted by atomic mass is 127. The molecule has 1 fully saturated rings. The van der Waals surface area contributed by atoms with E-state index in [1.807, 2.05) is 25.2 Å². The zero-order valence-electron chi connectivity index (χ0n) is 11.9. The first-order chi connectivity index (χ1) is 9.74. The fraction of sp³-hybridized carbons (Fsp3) is 0.333. The van der Waals surface area contributed by atoms with E-state index in [9.17, 15) is 0 Å². The SMILES string of the molecule is CN(C(N)=NCc1nc(-c2ccccc2)cs1)C1CC1.I. The number of halogens is 1. The number of nitrogens with two attached hydrogens (primary N) is 1. The third-order valence-corrected chi connectivity index (χ3v) is 4.29. The van der Waals surface area contributed by atoms with Crippen molar-refractivity contribution in [2.75, 3.05) is 7.05 Å². The van der Waals surface area contributed by atoms with Gasteiger partial charge in [0.2, 0.25) is 0 Å². The second-order valence-electron chi connectivity index (χ2n) is 5.01. The van der Waals surface area contributed by atoms with Crippen LogP contribution in [-0.2, 0) is 6.54 Å². The van der Waals surface area contributed by atoms with E-state index < -0.39 is 0 Å². The van der Waals surface area contributed by atoms with Gasteiger partial charge in [0, 0.05) is 24.0 Å². The van der Waals surface area contributed by atoms with E-state index in [-0.39, 0.29) is 24.0 Å². The van der Waals surface area contributed by atoms with Crippen LogP contribution in [0.1, 0.15) is 17.8 Å². The molecule has 112 valence electrons. The summed E-state index contributed by atoms with van der Waals surface area (Å²) >= 11 is 1.63. The van der Waals surface area contributed by atoms with Gasteiger partial charge >= 0.3 is 0 Å². The number of nitrogens with zero attached hydrogens (tertiary/aromatic N) is 3. The number of thiazole rings is 1. The van der Waals surface area contributed by atoms with Crippen LogP contribution < -0.4 is 5.73 Å². The molecule has 0 aliphatic heterocycles. The van der Waals surface area contributed by atoms with Gasteiger partial charge in [-0.25, -0.2) is 9.98 Å². The number of benzene rings is 1. The summed E-state index contributed by atoms with van der Waals surface area (Å²) in [6, 6.07) is 10.8. The first kappa shape index (κ1) is 16.2. The first-order valence-corrected chi connectivity index (χ1v) is 7.64. The Morgan fingerprint density at radius 1 is 1.38 bits per heavy atom. The fourth-order valence-electron chi connectivity index (χ4n) is 2.03. The molecule has 1 saturated carbocycles. The van der Waals surface area contributed by atoms with Crippen molar-refractivity contribution in [2.24, 2.45) is 10.7 Å². The molecule has 0 spiro atoms. The maximum Gasteiger partial charge on any atom is 0.191 e. The van der Waals surface area contributed by atoms with Crippen LogP contribution >= 0.6 is 35.3 Å². The van der Waals surface area contributed by atoms with Crippen LogP contribution in [0.5, 0.6) is 0 Å². The van der Waals surface area contributed by atoms with E-state index >= 15 is 0 Å². The number of rotatable bonds is 4. The predicted molar refractivity (Wildman–Crippen MR) is 99.1 cm³/mol. The molecule has 1 aliphatic rings. The molecular formula is C15H19IN4S. The molecular weight excluding hydrogens is 395 g/mol. The summed E-state index contributed by atoms with van der Waals surface area (Å²) in [5.41, 5.74) is 8.13. The van der Waals surface area contributed by atoms with Crippen molar-refractivity contribution in [3.63, 3.8) is 0 Å². The Labute approximate surface area is 146 Å². The smallest absolute Gasteiger partial charge is 0.191 e. The van der Waals surface area contributed by atoms with Gasteiger partial charge in [0.05, 0.1) is 12.2 Å². The molecule has 0 radical (unpaired) electrons. The Balaban J connectivity index is 0.00000161. The molecule has 0 saturated heterocycles. The molecule has 1 aromatic heterocycles. The molecule has 0 atom stereocenters. The lowest BCUT2D eigenvalue weighted by Gasteiger charge is -2.16. The summed E-state index contributed by atoms with van der Waals surface area (Å²) in [7, 11) is 2.01. The standard InChI is InChI=1S/C15H18N4S.HI/c1-19(12-7-8-12)15(16)17-9-14-18-13(10-20-14)11-5-3-2-4-6-11;/h2-6,10,12H,7-9H2,1H3,(H2,16,17);1H. The van der Waals surface area contributed by atoms with E-state index in [1.54, 1.807) is 11.3 Å². The van der Waals surface area contributed by atoms with Gasteiger partial charge in [-0.05, 0) is 12.8 Å². The maximum absolute atomic E-state index is 5.98. The Morgan fingerprint density at radius 2 is 2.10 bits per heavy atom.